The third kappa shape index (κ3) is 1.13. The summed E-state index contributed by atoms with van der Waals surface area (Å²) >= 11 is 0. The standard InChI is InChI=1S/C9H11N3/c1-12-5-4-8-7(6-12)2-3-9(10)11-8/h2-5H,6H2,1H3,(H2,10,11). The fraction of sp³-hybridized carbons (Fsp3) is 0.222. The van der Waals surface area contributed by atoms with Crippen molar-refractivity contribution in [3.63, 3.8) is 0 Å². The van der Waals surface area contributed by atoms with E-state index in [-0.39, 0.29) is 0 Å². The van der Waals surface area contributed by atoms with Crippen LogP contribution in [0.2, 0.25) is 0 Å². The van der Waals surface area contributed by atoms with Crippen molar-refractivity contribution < 1.29 is 0 Å². The normalized spacial score (nSPS) is 14.6. The highest BCUT2D eigenvalue weighted by atomic mass is 15.1. The van der Waals surface area contributed by atoms with Crippen LogP contribution >= 0.6 is 0 Å². The van der Waals surface area contributed by atoms with Crippen LogP contribution in [0.25, 0.3) is 6.08 Å². The number of hydrogen-bond donors (Lipinski definition) is 1. The first-order chi connectivity index (χ1) is 5.75. The van der Waals surface area contributed by atoms with Crippen LogP contribution in [0.15, 0.2) is 18.3 Å². The van der Waals surface area contributed by atoms with Crippen molar-refractivity contribution in [2.24, 2.45) is 0 Å². The van der Waals surface area contributed by atoms with Crippen molar-refractivity contribution in [3.8, 4) is 0 Å². The number of pyridine rings is 1. The minimum absolute atomic E-state index is 0.586. The number of nitrogens with zero attached hydrogens (tertiary/aromatic N) is 2. The molecule has 3 nitrogen and oxygen atoms in total. The molecule has 0 aliphatic carbocycles. The van der Waals surface area contributed by atoms with Gasteiger partial charge in [0.25, 0.3) is 0 Å². The van der Waals surface area contributed by atoms with E-state index in [4.69, 9.17) is 5.73 Å². The predicted molar refractivity (Wildman–Crippen MR) is 49.2 cm³/mol. The Morgan fingerprint density at radius 2 is 2.33 bits per heavy atom. The van der Waals surface area contributed by atoms with Gasteiger partial charge in [0.05, 0.1) is 5.69 Å². The molecule has 2 N–H and O–H groups in total. The number of hydrogen-bond acceptors (Lipinski definition) is 3. The Bertz CT molecular complexity index is 331. The largest absolute Gasteiger partial charge is 0.384 e. The van der Waals surface area contributed by atoms with Gasteiger partial charge >= 0.3 is 0 Å². The molecule has 0 bridgehead atoms. The van der Waals surface area contributed by atoms with Crippen LogP contribution in [0.5, 0.6) is 0 Å². The van der Waals surface area contributed by atoms with Gasteiger partial charge in [0, 0.05) is 19.8 Å². The number of anilines is 1. The van der Waals surface area contributed by atoms with Crippen LogP contribution in [-0.2, 0) is 6.54 Å². The first-order valence-corrected chi connectivity index (χ1v) is 3.89. The van der Waals surface area contributed by atoms with Crippen LogP contribution in [0.3, 0.4) is 0 Å². The van der Waals surface area contributed by atoms with Crippen molar-refractivity contribution in [1.29, 1.82) is 0 Å². The summed E-state index contributed by atoms with van der Waals surface area (Å²) in [4.78, 5) is 6.32. The SMILES string of the molecule is CN1C=Cc2nc(N)ccc2C1. The smallest absolute Gasteiger partial charge is 0.124 e. The fourth-order valence-corrected chi connectivity index (χ4v) is 1.32. The van der Waals surface area contributed by atoms with E-state index >= 15 is 0 Å². The predicted octanol–water partition coefficient (Wildman–Crippen LogP) is 1.08. The number of fused-ring (bicyclic) bond motifs is 1. The third-order valence-corrected chi connectivity index (χ3v) is 1.94. The average Bonchev–Trinajstić information content (AvgIpc) is 2.05. The van der Waals surface area contributed by atoms with Crippen molar-refractivity contribution >= 4 is 11.9 Å². The Labute approximate surface area is 71.5 Å². The molecule has 0 atom stereocenters. The molecule has 0 saturated heterocycles. The summed E-state index contributed by atoms with van der Waals surface area (Å²) in [6, 6.07) is 3.86. The fourth-order valence-electron chi connectivity index (χ4n) is 1.32. The summed E-state index contributed by atoms with van der Waals surface area (Å²) in [6.07, 6.45) is 3.99. The molecule has 0 spiro atoms. The van der Waals surface area contributed by atoms with Crippen molar-refractivity contribution in [2.75, 3.05) is 12.8 Å². The summed E-state index contributed by atoms with van der Waals surface area (Å²) < 4.78 is 0. The maximum absolute atomic E-state index is 5.56. The Morgan fingerprint density at radius 1 is 1.50 bits per heavy atom. The van der Waals surface area contributed by atoms with E-state index in [9.17, 15) is 0 Å². The summed E-state index contributed by atoms with van der Waals surface area (Å²) in [6.45, 7) is 0.916. The minimum Gasteiger partial charge on any atom is -0.384 e. The molecule has 0 aromatic carbocycles. The Morgan fingerprint density at radius 3 is 3.17 bits per heavy atom. The van der Waals surface area contributed by atoms with Crippen LogP contribution in [0.1, 0.15) is 11.3 Å². The van der Waals surface area contributed by atoms with Gasteiger partial charge < -0.3 is 10.6 Å². The monoisotopic (exact) mass is 161 g/mol. The second-order valence-corrected chi connectivity index (χ2v) is 3.01. The van der Waals surface area contributed by atoms with E-state index in [0.29, 0.717) is 5.82 Å². The van der Waals surface area contributed by atoms with Gasteiger partial charge in [-0.3, -0.25) is 0 Å². The van der Waals surface area contributed by atoms with Crippen molar-refractivity contribution in [3.05, 3.63) is 29.6 Å². The number of nitrogens with two attached hydrogens (primary N) is 1. The van der Waals surface area contributed by atoms with Gasteiger partial charge in [-0.1, -0.05) is 6.07 Å². The zero-order valence-corrected chi connectivity index (χ0v) is 6.99. The number of rotatable bonds is 0. The van der Waals surface area contributed by atoms with Gasteiger partial charge in [-0.25, -0.2) is 4.98 Å². The molecule has 1 aliphatic heterocycles. The second-order valence-electron chi connectivity index (χ2n) is 3.01. The zero-order valence-electron chi connectivity index (χ0n) is 6.99. The molecule has 0 amide bonds. The molecule has 2 rings (SSSR count). The van der Waals surface area contributed by atoms with Gasteiger partial charge in [-0.15, -0.1) is 0 Å². The minimum atomic E-state index is 0.586. The lowest BCUT2D eigenvalue weighted by Crippen LogP contribution is -2.15. The van der Waals surface area contributed by atoms with Crippen molar-refractivity contribution in [1.82, 2.24) is 9.88 Å². The first kappa shape index (κ1) is 7.16. The quantitative estimate of drug-likeness (QED) is 0.619. The van der Waals surface area contributed by atoms with Crippen LogP contribution in [-0.4, -0.2) is 16.9 Å². The lowest BCUT2D eigenvalue weighted by molar-refractivity contribution is 0.446. The summed E-state index contributed by atoms with van der Waals surface area (Å²) in [7, 11) is 2.04. The second kappa shape index (κ2) is 2.52. The van der Waals surface area contributed by atoms with E-state index < -0.39 is 0 Å². The highest BCUT2D eigenvalue weighted by Crippen LogP contribution is 2.17. The summed E-state index contributed by atoms with van der Waals surface area (Å²) in [5, 5.41) is 0. The molecule has 3 heteroatoms. The Kier molecular flexibility index (Phi) is 1.50. The van der Waals surface area contributed by atoms with Gasteiger partial charge in [0.2, 0.25) is 0 Å². The molecule has 1 aromatic heterocycles. The van der Waals surface area contributed by atoms with Gasteiger partial charge in [-0.2, -0.15) is 0 Å². The zero-order chi connectivity index (χ0) is 8.55. The maximum atomic E-state index is 5.56. The molecular formula is C9H11N3. The molecule has 1 aromatic rings. The van der Waals surface area contributed by atoms with Crippen LogP contribution in [0, 0.1) is 0 Å². The van der Waals surface area contributed by atoms with E-state index in [0.717, 1.165) is 12.2 Å². The summed E-state index contributed by atoms with van der Waals surface area (Å²) in [5.74, 6) is 0.586. The first-order valence-electron chi connectivity index (χ1n) is 3.89. The lowest BCUT2D eigenvalue weighted by Gasteiger charge is -2.19. The van der Waals surface area contributed by atoms with Gasteiger partial charge in [0.15, 0.2) is 0 Å². The summed E-state index contributed by atoms with van der Waals surface area (Å²) in [5.41, 5.74) is 7.78. The molecule has 0 radical (unpaired) electrons. The topological polar surface area (TPSA) is 42.2 Å². The van der Waals surface area contributed by atoms with E-state index in [1.165, 1.54) is 5.56 Å². The number of aromatic nitrogens is 1. The average molecular weight is 161 g/mol. The highest BCUT2D eigenvalue weighted by Gasteiger charge is 2.07. The van der Waals surface area contributed by atoms with Crippen LogP contribution in [0.4, 0.5) is 5.82 Å². The molecule has 2 heterocycles. The lowest BCUT2D eigenvalue weighted by atomic mass is 10.1. The van der Waals surface area contributed by atoms with E-state index in [1.807, 2.05) is 31.5 Å². The molecule has 0 fully saturated rings. The van der Waals surface area contributed by atoms with E-state index in [2.05, 4.69) is 9.88 Å². The van der Waals surface area contributed by atoms with Crippen LogP contribution < -0.4 is 5.73 Å². The van der Waals surface area contributed by atoms with Crippen molar-refractivity contribution in [2.45, 2.75) is 6.54 Å². The Hall–Kier alpha value is -1.51. The molecule has 62 valence electrons. The molecule has 0 saturated carbocycles. The van der Waals surface area contributed by atoms with Gasteiger partial charge in [-0.05, 0) is 17.7 Å². The third-order valence-electron chi connectivity index (χ3n) is 1.94. The molecule has 0 unspecified atom stereocenters. The van der Waals surface area contributed by atoms with Gasteiger partial charge in [0.1, 0.15) is 5.82 Å². The molecular weight excluding hydrogens is 150 g/mol. The highest BCUT2D eigenvalue weighted by molar-refractivity contribution is 5.54. The molecule has 12 heavy (non-hydrogen) atoms. The Balaban J connectivity index is 2.47. The van der Waals surface area contributed by atoms with E-state index in [1.54, 1.807) is 0 Å². The molecule has 1 aliphatic rings. The number of nitrogen functional groups attached to an aromatic ring is 1. The maximum Gasteiger partial charge on any atom is 0.124 e.